The zero-order valence-corrected chi connectivity index (χ0v) is 18.0. The molecule has 0 radical (unpaired) electrons. The van der Waals surface area contributed by atoms with Gasteiger partial charge in [0.2, 0.25) is 0 Å². The Morgan fingerprint density at radius 2 is 1.97 bits per heavy atom. The lowest BCUT2D eigenvalue weighted by Crippen LogP contribution is -2.43. The van der Waals surface area contributed by atoms with Crippen LogP contribution in [-0.2, 0) is 30.7 Å². The lowest BCUT2D eigenvalue weighted by atomic mass is 9.95. The molecule has 30 heavy (non-hydrogen) atoms. The van der Waals surface area contributed by atoms with Crippen molar-refractivity contribution in [2.24, 2.45) is 0 Å². The molecular formula is C22H34N6O2. The number of aromatic nitrogens is 3. The number of fused-ring (bicyclic) bond motifs is 3. The SMILES string of the molecule is CCOCc1nc2c(N)nc3c(c2n1CCNC(=O)NC1CCCCC1)CCCC3. The summed E-state index contributed by atoms with van der Waals surface area (Å²) in [7, 11) is 0. The van der Waals surface area contributed by atoms with Crippen LogP contribution in [0, 0.1) is 0 Å². The van der Waals surface area contributed by atoms with E-state index in [4.69, 9.17) is 15.5 Å². The number of anilines is 1. The third kappa shape index (κ3) is 4.53. The third-order valence-electron chi connectivity index (χ3n) is 6.27. The van der Waals surface area contributed by atoms with Gasteiger partial charge in [0, 0.05) is 31.4 Å². The van der Waals surface area contributed by atoms with Gasteiger partial charge in [0.1, 0.15) is 17.9 Å². The highest BCUT2D eigenvalue weighted by Gasteiger charge is 2.23. The lowest BCUT2D eigenvalue weighted by Gasteiger charge is -2.23. The first-order valence-electron chi connectivity index (χ1n) is 11.5. The van der Waals surface area contributed by atoms with Crippen molar-refractivity contribution < 1.29 is 9.53 Å². The van der Waals surface area contributed by atoms with Gasteiger partial charge in [-0.15, -0.1) is 0 Å². The molecule has 0 atom stereocenters. The van der Waals surface area contributed by atoms with Crippen LogP contribution < -0.4 is 16.4 Å². The number of nitrogen functional groups attached to an aromatic ring is 1. The van der Waals surface area contributed by atoms with Gasteiger partial charge in [-0.2, -0.15) is 0 Å². The Morgan fingerprint density at radius 3 is 2.77 bits per heavy atom. The minimum Gasteiger partial charge on any atom is -0.382 e. The van der Waals surface area contributed by atoms with E-state index in [0.29, 0.717) is 38.2 Å². The van der Waals surface area contributed by atoms with E-state index in [1.54, 1.807) is 0 Å². The number of rotatable bonds is 7. The fourth-order valence-electron chi connectivity index (χ4n) is 4.76. The molecule has 2 aliphatic rings. The van der Waals surface area contributed by atoms with Gasteiger partial charge in [-0.1, -0.05) is 19.3 Å². The summed E-state index contributed by atoms with van der Waals surface area (Å²) in [6.45, 7) is 4.18. The molecule has 2 heterocycles. The van der Waals surface area contributed by atoms with Crippen LogP contribution in [0.2, 0.25) is 0 Å². The largest absolute Gasteiger partial charge is 0.382 e. The average Bonchev–Trinajstić information content (AvgIpc) is 3.12. The van der Waals surface area contributed by atoms with Crippen molar-refractivity contribution >= 4 is 22.9 Å². The number of nitrogens with one attached hydrogen (secondary N) is 2. The Morgan fingerprint density at radius 1 is 1.17 bits per heavy atom. The van der Waals surface area contributed by atoms with Gasteiger partial charge in [-0.25, -0.2) is 14.8 Å². The summed E-state index contributed by atoms with van der Waals surface area (Å²) in [5.41, 5.74) is 10.4. The molecule has 164 valence electrons. The minimum absolute atomic E-state index is 0.0825. The molecule has 4 rings (SSSR count). The highest BCUT2D eigenvalue weighted by molar-refractivity contribution is 5.89. The van der Waals surface area contributed by atoms with Crippen molar-refractivity contribution in [3.8, 4) is 0 Å². The molecular weight excluding hydrogens is 380 g/mol. The van der Waals surface area contributed by atoms with Gasteiger partial charge in [-0.05, 0) is 51.0 Å². The number of carbonyl (C=O) groups excluding carboxylic acids is 1. The molecule has 0 aromatic carbocycles. The van der Waals surface area contributed by atoms with Crippen molar-refractivity contribution in [3.63, 3.8) is 0 Å². The molecule has 0 bridgehead atoms. The Kier molecular flexibility index (Phi) is 6.72. The van der Waals surface area contributed by atoms with Gasteiger partial charge in [-0.3, -0.25) is 0 Å². The van der Waals surface area contributed by atoms with Crippen LogP contribution in [0.4, 0.5) is 10.6 Å². The molecule has 2 aliphatic carbocycles. The first-order chi connectivity index (χ1) is 14.7. The van der Waals surface area contributed by atoms with Gasteiger partial charge < -0.3 is 25.7 Å². The van der Waals surface area contributed by atoms with Crippen molar-refractivity contribution in [2.45, 2.75) is 83.9 Å². The highest BCUT2D eigenvalue weighted by Crippen LogP contribution is 2.31. The van der Waals surface area contributed by atoms with Gasteiger partial charge >= 0.3 is 6.03 Å². The molecule has 0 unspecified atom stereocenters. The molecule has 2 aromatic heterocycles. The number of hydrogen-bond donors (Lipinski definition) is 3. The Balaban J connectivity index is 1.52. The Hall–Kier alpha value is -2.35. The number of hydrogen-bond acceptors (Lipinski definition) is 5. The van der Waals surface area contributed by atoms with Crippen LogP contribution in [0.1, 0.15) is 69.0 Å². The van der Waals surface area contributed by atoms with E-state index in [-0.39, 0.29) is 6.03 Å². The highest BCUT2D eigenvalue weighted by atomic mass is 16.5. The van der Waals surface area contributed by atoms with E-state index in [1.807, 2.05) is 6.92 Å². The van der Waals surface area contributed by atoms with E-state index >= 15 is 0 Å². The second-order valence-corrected chi connectivity index (χ2v) is 8.38. The van der Waals surface area contributed by atoms with Crippen molar-refractivity contribution in [3.05, 3.63) is 17.1 Å². The van der Waals surface area contributed by atoms with Crippen molar-refractivity contribution in [1.82, 2.24) is 25.2 Å². The lowest BCUT2D eigenvalue weighted by molar-refractivity contribution is 0.126. The van der Waals surface area contributed by atoms with E-state index in [9.17, 15) is 4.79 Å². The topological polar surface area (TPSA) is 107 Å². The molecule has 0 spiro atoms. The number of nitrogens with two attached hydrogens (primary N) is 1. The molecule has 8 nitrogen and oxygen atoms in total. The fourth-order valence-corrected chi connectivity index (χ4v) is 4.76. The molecule has 0 aliphatic heterocycles. The standard InChI is InChI=1S/C22H34N6O2/c1-2-30-14-18-27-19-20(16-10-6-7-11-17(16)26-21(19)23)28(18)13-12-24-22(29)25-15-8-4-3-5-9-15/h15H,2-14H2,1H3,(H2,23,26)(H2,24,25,29). The fraction of sp³-hybridized carbons (Fsp3) is 0.682. The van der Waals surface area contributed by atoms with Crippen LogP contribution in [0.5, 0.6) is 0 Å². The summed E-state index contributed by atoms with van der Waals surface area (Å²) in [6, 6.07) is 0.222. The second-order valence-electron chi connectivity index (χ2n) is 8.38. The Bertz CT molecular complexity index is 888. The quantitative estimate of drug-likeness (QED) is 0.645. The summed E-state index contributed by atoms with van der Waals surface area (Å²) >= 11 is 0. The summed E-state index contributed by atoms with van der Waals surface area (Å²) in [5.74, 6) is 1.33. The number of imidazole rings is 1. The maximum absolute atomic E-state index is 12.3. The maximum atomic E-state index is 12.3. The van der Waals surface area contributed by atoms with Crippen molar-refractivity contribution in [1.29, 1.82) is 0 Å². The average molecular weight is 415 g/mol. The third-order valence-corrected chi connectivity index (χ3v) is 6.27. The normalized spacial score (nSPS) is 17.1. The smallest absolute Gasteiger partial charge is 0.315 e. The zero-order valence-electron chi connectivity index (χ0n) is 18.0. The Labute approximate surface area is 178 Å². The minimum atomic E-state index is -0.0825. The summed E-state index contributed by atoms with van der Waals surface area (Å²) in [6.07, 6.45) is 10.1. The zero-order chi connectivity index (χ0) is 20.9. The number of urea groups is 1. The van der Waals surface area contributed by atoms with Crippen LogP contribution in [0.3, 0.4) is 0 Å². The number of nitrogens with zero attached hydrogens (tertiary/aromatic N) is 3. The van der Waals surface area contributed by atoms with Gasteiger partial charge in [0.15, 0.2) is 5.82 Å². The van der Waals surface area contributed by atoms with E-state index < -0.39 is 0 Å². The number of pyridine rings is 1. The van der Waals surface area contributed by atoms with E-state index in [0.717, 1.165) is 61.1 Å². The molecule has 8 heteroatoms. The summed E-state index contributed by atoms with van der Waals surface area (Å²) < 4.78 is 7.83. The monoisotopic (exact) mass is 414 g/mol. The van der Waals surface area contributed by atoms with Crippen LogP contribution in [0.25, 0.3) is 11.0 Å². The van der Waals surface area contributed by atoms with Gasteiger partial charge in [0.05, 0.1) is 5.52 Å². The predicted molar refractivity (Wildman–Crippen MR) is 117 cm³/mol. The molecule has 1 fully saturated rings. The van der Waals surface area contributed by atoms with Crippen molar-refractivity contribution in [2.75, 3.05) is 18.9 Å². The summed E-state index contributed by atoms with van der Waals surface area (Å²) in [4.78, 5) is 21.7. The van der Waals surface area contributed by atoms with Gasteiger partial charge in [0.25, 0.3) is 0 Å². The predicted octanol–water partition coefficient (Wildman–Crippen LogP) is 3.06. The first-order valence-corrected chi connectivity index (χ1v) is 11.5. The molecule has 2 aromatic rings. The maximum Gasteiger partial charge on any atom is 0.315 e. The summed E-state index contributed by atoms with van der Waals surface area (Å²) in [5, 5.41) is 6.14. The first kappa shape index (κ1) is 20.9. The second kappa shape index (κ2) is 9.64. The molecule has 1 saturated carbocycles. The van der Waals surface area contributed by atoms with Crippen LogP contribution in [0.15, 0.2) is 0 Å². The number of aryl methyl sites for hydroxylation is 2. The molecule has 0 saturated heterocycles. The number of ether oxygens (including phenoxy) is 1. The van der Waals surface area contributed by atoms with E-state index in [1.165, 1.54) is 24.8 Å². The molecule has 4 N–H and O–H groups in total. The van der Waals surface area contributed by atoms with Crippen LogP contribution in [-0.4, -0.2) is 39.8 Å². The molecule has 2 amide bonds. The number of amides is 2. The number of carbonyl (C=O) groups is 1. The van der Waals surface area contributed by atoms with E-state index in [2.05, 4.69) is 20.2 Å². The van der Waals surface area contributed by atoms with Crippen LogP contribution >= 0.6 is 0 Å².